The van der Waals surface area contributed by atoms with Crippen LogP contribution >= 0.6 is 0 Å². The van der Waals surface area contributed by atoms with Gasteiger partial charge in [-0.25, -0.2) is 0 Å². The van der Waals surface area contributed by atoms with Gasteiger partial charge in [0.25, 0.3) is 0 Å². The summed E-state index contributed by atoms with van der Waals surface area (Å²) in [6, 6.07) is 0. The summed E-state index contributed by atoms with van der Waals surface area (Å²) in [5.41, 5.74) is 0. The van der Waals surface area contributed by atoms with Gasteiger partial charge >= 0.3 is 32.0 Å². The van der Waals surface area contributed by atoms with Gasteiger partial charge in [-0.3, -0.25) is 0 Å². The molecule has 0 aromatic rings. The molecule has 0 unspecified atom stereocenters. The Hall–Kier alpha value is 0.392. The Morgan fingerprint density at radius 2 is 1.50 bits per heavy atom. The van der Waals surface area contributed by atoms with Gasteiger partial charge in [0.05, 0.1) is 0 Å². The summed E-state index contributed by atoms with van der Waals surface area (Å²) in [5.74, 6) is 0. The van der Waals surface area contributed by atoms with Gasteiger partial charge in [0, 0.05) is 0 Å². The van der Waals surface area contributed by atoms with E-state index in [9.17, 15) is 8.78 Å². The van der Waals surface area contributed by atoms with E-state index in [-0.39, 0.29) is 0 Å². The van der Waals surface area contributed by atoms with Crippen molar-refractivity contribution in [3.63, 3.8) is 0 Å². The van der Waals surface area contributed by atoms with Crippen molar-refractivity contribution in [2.45, 2.75) is 0 Å². The Bertz CT molecular complexity index is 29.0. The van der Waals surface area contributed by atoms with E-state index in [1.54, 1.807) is 18.7 Å². The van der Waals surface area contributed by atoms with Gasteiger partial charge in [0.15, 0.2) is 0 Å². The Morgan fingerprint density at radius 1 is 1.50 bits per heavy atom. The molecule has 0 aliphatic heterocycles. The van der Waals surface area contributed by atoms with E-state index in [1.807, 2.05) is 0 Å². The molecule has 0 nitrogen and oxygen atoms in total. The molecule has 0 aromatic carbocycles. The van der Waals surface area contributed by atoms with E-state index >= 15 is 0 Å². The van der Waals surface area contributed by atoms with Crippen LogP contribution in [0, 0.1) is 0 Å². The molecule has 28 valence electrons. The second-order valence-corrected chi connectivity index (χ2v) is 0.779. The van der Waals surface area contributed by atoms with Gasteiger partial charge in [0.1, 0.15) is 0 Å². The molecule has 0 aliphatic rings. The molecule has 0 fully saturated rings. The van der Waals surface area contributed by atoms with Crippen LogP contribution in [-0.2, 0) is 18.7 Å². The van der Waals surface area contributed by atoms with Gasteiger partial charge in [-0.15, -0.1) is 0 Å². The van der Waals surface area contributed by atoms with Gasteiger partial charge < -0.3 is 0 Å². The van der Waals surface area contributed by atoms with Crippen molar-refractivity contribution in [1.29, 1.82) is 0 Å². The van der Waals surface area contributed by atoms with Crippen LogP contribution in [0.25, 0.3) is 0 Å². The van der Waals surface area contributed by atoms with Crippen LogP contribution in [0.1, 0.15) is 0 Å². The molecule has 0 saturated carbocycles. The molecular formula is CF2Pd. The van der Waals surface area contributed by atoms with Crippen LogP contribution in [0.4, 0.5) is 8.78 Å². The number of hydrogen-bond acceptors (Lipinski definition) is 0. The second kappa shape index (κ2) is 1.69. The quantitative estimate of drug-likeness (QED) is 0.450. The molecule has 0 spiro atoms. The summed E-state index contributed by atoms with van der Waals surface area (Å²) in [7, 11) is 0. The van der Waals surface area contributed by atoms with Gasteiger partial charge in [-0.05, 0) is 0 Å². The van der Waals surface area contributed by atoms with Crippen molar-refractivity contribution in [2.75, 3.05) is 0 Å². The summed E-state index contributed by atoms with van der Waals surface area (Å²) in [4.78, 5) is 0. The molecule has 0 heterocycles. The first-order valence-corrected chi connectivity index (χ1v) is 1.31. The average Bonchev–Trinajstić information content (AvgIpc) is 0.811. The van der Waals surface area contributed by atoms with Crippen LogP contribution in [0.3, 0.4) is 0 Å². The number of hydrogen-bond donors (Lipinski definition) is 0. The molecule has 0 saturated heterocycles. The van der Waals surface area contributed by atoms with Crippen molar-refractivity contribution >= 4 is 4.49 Å². The third-order valence-electron chi connectivity index (χ3n) is 0. The zero-order valence-electron chi connectivity index (χ0n) is 1.57. The maximum absolute atomic E-state index is 10.2. The van der Waals surface area contributed by atoms with E-state index in [4.69, 9.17) is 0 Å². The van der Waals surface area contributed by atoms with E-state index in [1.165, 1.54) is 0 Å². The van der Waals surface area contributed by atoms with Gasteiger partial charge in [-0.1, -0.05) is 0 Å². The molecule has 0 N–H and O–H groups in total. The molecule has 0 aromatic heterocycles. The monoisotopic (exact) mass is 156 g/mol. The number of rotatable bonds is 0. The summed E-state index contributed by atoms with van der Waals surface area (Å²) in [5, 5.41) is 0. The van der Waals surface area contributed by atoms with Crippen molar-refractivity contribution < 1.29 is 27.5 Å². The van der Waals surface area contributed by atoms with E-state index < -0.39 is 4.49 Å². The normalized spacial score (nSPS) is 7.00. The summed E-state index contributed by atoms with van der Waals surface area (Å²) < 4.78 is 18.6. The van der Waals surface area contributed by atoms with Crippen molar-refractivity contribution in [3.8, 4) is 0 Å². The molecule has 3 heteroatoms. The summed E-state index contributed by atoms with van der Waals surface area (Å²) in [6.07, 6.45) is 0. The molecule has 0 atom stereocenters. The van der Waals surface area contributed by atoms with Crippen molar-refractivity contribution in [1.82, 2.24) is 0 Å². The zero-order valence-corrected chi connectivity index (χ0v) is 3.13. The zero-order chi connectivity index (χ0) is 3.58. The molecule has 0 rings (SSSR count). The fourth-order valence-electron chi connectivity index (χ4n) is 0. The van der Waals surface area contributed by atoms with E-state index in [0.717, 1.165) is 0 Å². The van der Waals surface area contributed by atoms with Crippen molar-refractivity contribution in [3.05, 3.63) is 0 Å². The first-order chi connectivity index (χ1) is 1.73. The Morgan fingerprint density at radius 3 is 1.50 bits per heavy atom. The minimum atomic E-state index is -1.73. The van der Waals surface area contributed by atoms with Gasteiger partial charge in [-0.2, -0.15) is 0 Å². The molecule has 0 aliphatic carbocycles. The molecule has 4 heavy (non-hydrogen) atoms. The average molecular weight is 156 g/mol. The summed E-state index contributed by atoms with van der Waals surface area (Å²) >= 11 is 1.63. The molecule has 0 radical (unpaired) electrons. The van der Waals surface area contributed by atoms with Crippen molar-refractivity contribution in [2.24, 2.45) is 0 Å². The minimum absolute atomic E-state index is 1.63. The molecule has 0 amide bonds. The Balaban J connectivity index is 2.80. The molecule has 0 bridgehead atoms. The van der Waals surface area contributed by atoms with Crippen LogP contribution in [0.5, 0.6) is 0 Å². The van der Waals surface area contributed by atoms with E-state index in [0.29, 0.717) is 0 Å². The predicted molar refractivity (Wildman–Crippen MR) is 7.22 cm³/mol. The topological polar surface area (TPSA) is 0 Å². The number of halogens is 2. The third kappa shape index (κ3) is 30.1. The van der Waals surface area contributed by atoms with Crippen LogP contribution in [-0.4, -0.2) is 4.49 Å². The SMILES string of the molecule is F[C](F)=[Pd]. The van der Waals surface area contributed by atoms with Crippen LogP contribution in [0.2, 0.25) is 0 Å². The fraction of sp³-hybridized carbons (Fsp3) is 0. The third-order valence-corrected chi connectivity index (χ3v) is 0. The first-order valence-electron chi connectivity index (χ1n) is 0.536. The standard InChI is InChI=1S/CF2.Pd/c2-1-3;. The maximum atomic E-state index is 10.2. The predicted octanol–water partition coefficient (Wildman–Crippen LogP) is 0.560. The van der Waals surface area contributed by atoms with E-state index in [2.05, 4.69) is 0 Å². The Kier molecular flexibility index (Phi) is 1.85. The Labute approximate surface area is 32.7 Å². The summed E-state index contributed by atoms with van der Waals surface area (Å²) in [6.45, 7) is 0. The van der Waals surface area contributed by atoms with Crippen LogP contribution < -0.4 is 0 Å². The fourth-order valence-corrected chi connectivity index (χ4v) is 0. The van der Waals surface area contributed by atoms with Crippen LogP contribution in [0.15, 0.2) is 0 Å². The second-order valence-electron chi connectivity index (χ2n) is 0.191. The molecular weight excluding hydrogens is 156 g/mol. The first kappa shape index (κ1) is 4.39. The van der Waals surface area contributed by atoms with Gasteiger partial charge in [0.2, 0.25) is 0 Å².